The highest BCUT2D eigenvalue weighted by molar-refractivity contribution is 5.54. The second-order valence-electron chi connectivity index (χ2n) is 15.0. The van der Waals surface area contributed by atoms with E-state index in [1.54, 1.807) is 24.3 Å². The Morgan fingerprint density at radius 2 is 0.750 bits per heavy atom. The van der Waals surface area contributed by atoms with Gasteiger partial charge in [-0.25, -0.2) is 0 Å². The predicted molar refractivity (Wildman–Crippen MR) is 252 cm³/mol. The fraction of sp³-hybridized carbons (Fsp3) is 0.294. The summed E-state index contributed by atoms with van der Waals surface area (Å²) < 4.78 is 43.2. The molecule has 1 saturated heterocycles. The number of halogens is 3. The quantitative estimate of drug-likeness (QED) is 0.0756. The van der Waals surface area contributed by atoms with E-state index >= 15 is 0 Å². The van der Waals surface area contributed by atoms with E-state index in [4.69, 9.17) is 4.74 Å². The van der Waals surface area contributed by atoms with Crippen molar-refractivity contribution in [3.8, 4) is 5.75 Å². The van der Waals surface area contributed by atoms with Crippen molar-refractivity contribution in [1.82, 2.24) is 0 Å². The molecule has 13 heteroatoms. The molecule has 0 atom stereocenters. The molecule has 0 bridgehead atoms. The van der Waals surface area contributed by atoms with Gasteiger partial charge in [-0.2, -0.15) is 54.1 Å². The maximum atomic E-state index is 12.5. The molecule has 0 spiro atoms. The first-order chi connectivity index (χ1) is 31.1. The summed E-state index contributed by atoms with van der Waals surface area (Å²) in [5.74, 6) is 0.848. The lowest BCUT2D eigenvalue weighted by Crippen LogP contribution is -2.17. The number of hydrogen-bond acceptors (Lipinski definition) is 10. The molecule has 1 aliphatic heterocycles. The van der Waals surface area contributed by atoms with Gasteiger partial charge >= 0.3 is 6.18 Å². The summed E-state index contributed by atoms with van der Waals surface area (Å²) in [6.07, 6.45) is 4.71. The van der Waals surface area contributed by atoms with E-state index in [2.05, 4.69) is 78.7 Å². The van der Waals surface area contributed by atoms with Crippen LogP contribution in [0.1, 0.15) is 76.8 Å². The van der Waals surface area contributed by atoms with E-state index in [0.717, 1.165) is 71.4 Å². The zero-order chi connectivity index (χ0) is 45.4. The fourth-order valence-electron chi connectivity index (χ4n) is 6.00. The van der Waals surface area contributed by atoms with E-state index in [1.807, 2.05) is 91.9 Å². The summed E-state index contributed by atoms with van der Waals surface area (Å²) in [5, 5.41) is 33.5. The maximum Gasteiger partial charge on any atom is 0.416 e. The smallest absolute Gasteiger partial charge is 0.416 e. The molecular formula is C51H56F3N9O. The van der Waals surface area contributed by atoms with Gasteiger partial charge in [-0.3, -0.25) is 0 Å². The molecule has 0 aliphatic carbocycles. The van der Waals surface area contributed by atoms with Crippen LogP contribution in [0.3, 0.4) is 0 Å². The van der Waals surface area contributed by atoms with Crippen molar-refractivity contribution in [2.75, 3.05) is 24.6 Å². The SMILES string of the molecule is CCCCCC.CCCOc1ccc(N=Nc2ccc(N=Nc3ccc(N4CCCC4)cc3)cc2)cc1.Cc1ccc(N=Nc2ccc(N=Nc3ccc(C(F)(F)F)cc3)cc2)cc1. The summed E-state index contributed by atoms with van der Waals surface area (Å²) in [4.78, 5) is 2.41. The van der Waals surface area contributed by atoms with Crippen LogP contribution in [0, 0.1) is 6.92 Å². The second-order valence-corrected chi connectivity index (χ2v) is 15.0. The monoisotopic (exact) mass is 867 g/mol. The van der Waals surface area contributed by atoms with E-state index in [1.165, 1.54) is 56.3 Å². The molecule has 0 aromatic heterocycles. The van der Waals surface area contributed by atoms with Crippen molar-refractivity contribution in [2.45, 2.75) is 78.8 Å². The van der Waals surface area contributed by atoms with Gasteiger partial charge in [-0.1, -0.05) is 64.2 Å². The molecule has 0 amide bonds. The number of benzene rings is 6. The minimum Gasteiger partial charge on any atom is -0.494 e. The molecular weight excluding hydrogens is 812 g/mol. The topological polar surface area (TPSA) is 111 Å². The molecule has 1 aliphatic rings. The van der Waals surface area contributed by atoms with Crippen LogP contribution in [0.2, 0.25) is 0 Å². The molecule has 332 valence electrons. The summed E-state index contributed by atoms with van der Waals surface area (Å²) in [6.45, 7) is 11.5. The van der Waals surface area contributed by atoms with Crippen molar-refractivity contribution in [3.05, 3.63) is 157 Å². The van der Waals surface area contributed by atoms with Crippen LogP contribution >= 0.6 is 0 Å². The Labute approximate surface area is 374 Å². The minimum absolute atomic E-state index is 0.339. The predicted octanol–water partition coefficient (Wildman–Crippen LogP) is 18.3. The highest BCUT2D eigenvalue weighted by Gasteiger charge is 2.29. The summed E-state index contributed by atoms with van der Waals surface area (Å²) in [7, 11) is 0. The molecule has 6 aromatic rings. The number of aryl methyl sites for hydroxylation is 1. The number of nitrogens with zero attached hydrogens (tertiary/aromatic N) is 9. The first-order valence-electron chi connectivity index (χ1n) is 21.8. The van der Waals surface area contributed by atoms with Gasteiger partial charge in [0, 0.05) is 18.8 Å². The molecule has 7 rings (SSSR count). The highest BCUT2D eigenvalue weighted by atomic mass is 19.4. The number of rotatable bonds is 15. The molecule has 64 heavy (non-hydrogen) atoms. The Kier molecular flexibility index (Phi) is 19.5. The van der Waals surface area contributed by atoms with Crippen LogP contribution < -0.4 is 9.64 Å². The number of anilines is 1. The standard InChI is InChI=1S/C25H27N5O.C20H15F3N4.C6H14/c1-2-19-31-25-15-11-23(12-16-25)29-27-21-7-5-20(6-8-21)26-28-22-9-13-24(14-10-22)30-17-3-4-18-30;1-14-2-6-16(7-3-14)24-26-18-10-12-19(13-11-18)27-25-17-8-4-15(5-9-17)20(21,22)23;1-3-5-6-4-2/h5-16H,2-4,17-19H2,1H3;2-13H,1H3;3-6H2,1-2H3. The van der Waals surface area contributed by atoms with Crippen LogP contribution in [0.15, 0.2) is 187 Å². The number of azo groups is 4. The normalized spacial score (nSPS) is 12.8. The third-order valence-electron chi connectivity index (χ3n) is 9.64. The highest BCUT2D eigenvalue weighted by Crippen LogP contribution is 2.31. The van der Waals surface area contributed by atoms with Gasteiger partial charge in [0.05, 0.1) is 57.7 Å². The Morgan fingerprint density at radius 3 is 1.08 bits per heavy atom. The number of unbranched alkanes of at least 4 members (excludes halogenated alkanes) is 3. The van der Waals surface area contributed by atoms with Gasteiger partial charge < -0.3 is 9.64 Å². The first-order valence-corrected chi connectivity index (χ1v) is 21.8. The van der Waals surface area contributed by atoms with Crippen LogP contribution in [0.25, 0.3) is 0 Å². The summed E-state index contributed by atoms with van der Waals surface area (Å²) in [5.41, 5.74) is 7.17. The zero-order valence-corrected chi connectivity index (χ0v) is 37.0. The molecule has 0 radical (unpaired) electrons. The number of alkyl halides is 3. The van der Waals surface area contributed by atoms with Crippen LogP contribution in [-0.2, 0) is 6.18 Å². The van der Waals surface area contributed by atoms with Crippen molar-refractivity contribution in [3.63, 3.8) is 0 Å². The lowest BCUT2D eigenvalue weighted by molar-refractivity contribution is -0.137. The fourth-order valence-corrected chi connectivity index (χ4v) is 6.00. The molecule has 10 nitrogen and oxygen atoms in total. The van der Waals surface area contributed by atoms with Crippen LogP contribution in [0.4, 0.5) is 64.4 Å². The Balaban J connectivity index is 0.000000215. The molecule has 0 N–H and O–H groups in total. The van der Waals surface area contributed by atoms with Gasteiger partial charge in [0.2, 0.25) is 0 Å². The van der Waals surface area contributed by atoms with Crippen molar-refractivity contribution in [2.24, 2.45) is 40.9 Å². The van der Waals surface area contributed by atoms with Crippen LogP contribution in [0.5, 0.6) is 5.75 Å². The van der Waals surface area contributed by atoms with Gasteiger partial charge in [0.25, 0.3) is 0 Å². The lowest BCUT2D eigenvalue weighted by Gasteiger charge is -2.17. The first kappa shape index (κ1) is 48.1. The summed E-state index contributed by atoms with van der Waals surface area (Å²) >= 11 is 0. The molecule has 0 unspecified atom stereocenters. The van der Waals surface area contributed by atoms with Crippen molar-refractivity contribution >= 4 is 51.2 Å². The number of hydrogen-bond donors (Lipinski definition) is 0. The molecule has 0 saturated carbocycles. The summed E-state index contributed by atoms with van der Waals surface area (Å²) in [6, 6.07) is 42.5. The lowest BCUT2D eigenvalue weighted by atomic mass is 10.2. The van der Waals surface area contributed by atoms with E-state index in [0.29, 0.717) is 23.7 Å². The van der Waals surface area contributed by atoms with Crippen molar-refractivity contribution in [1.29, 1.82) is 0 Å². The average molecular weight is 868 g/mol. The van der Waals surface area contributed by atoms with Crippen LogP contribution in [-0.4, -0.2) is 19.7 Å². The number of ether oxygens (including phenoxy) is 1. The third kappa shape index (κ3) is 17.1. The Morgan fingerprint density at radius 1 is 0.438 bits per heavy atom. The maximum absolute atomic E-state index is 12.5. The minimum atomic E-state index is -4.36. The Hall–Kier alpha value is -6.89. The van der Waals surface area contributed by atoms with Gasteiger partial charge in [0.15, 0.2) is 0 Å². The van der Waals surface area contributed by atoms with E-state index in [9.17, 15) is 13.2 Å². The van der Waals surface area contributed by atoms with E-state index < -0.39 is 11.7 Å². The average Bonchev–Trinajstić information content (AvgIpc) is 3.88. The third-order valence-corrected chi connectivity index (χ3v) is 9.64. The van der Waals surface area contributed by atoms with E-state index in [-0.39, 0.29) is 0 Å². The second kappa shape index (κ2) is 25.9. The molecule has 6 aromatic carbocycles. The van der Waals surface area contributed by atoms with Gasteiger partial charge in [-0.15, -0.1) is 0 Å². The van der Waals surface area contributed by atoms with Gasteiger partial charge in [-0.05, 0) is 160 Å². The Bertz CT molecular complexity index is 2350. The molecule has 1 fully saturated rings. The zero-order valence-electron chi connectivity index (χ0n) is 37.0. The largest absolute Gasteiger partial charge is 0.494 e. The van der Waals surface area contributed by atoms with Gasteiger partial charge in [0.1, 0.15) is 5.75 Å². The van der Waals surface area contributed by atoms with Crippen molar-refractivity contribution < 1.29 is 17.9 Å². The molecule has 1 heterocycles.